The van der Waals surface area contributed by atoms with Crippen molar-refractivity contribution in [1.82, 2.24) is 20.1 Å². The highest BCUT2D eigenvalue weighted by molar-refractivity contribution is 6.33. The number of carbonyl (C=O) groups excluding carboxylic acids is 2. The van der Waals surface area contributed by atoms with E-state index in [2.05, 4.69) is 34.6 Å². The summed E-state index contributed by atoms with van der Waals surface area (Å²) in [5.41, 5.74) is 3.09. The molecule has 1 aliphatic carbocycles. The van der Waals surface area contributed by atoms with E-state index >= 15 is 0 Å². The summed E-state index contributed by atoms with van der Waals surface area (Å²) in [6.45, 7) is 5.13. The Morgan fingerprint density at radius 1 is 1.28 bits per heavy atom. The minimum Gasteiger partial charge on any atom is -0.396 e. The second-order valence-corrected chi connectivity index (χ2v) is 10.1. The molecule has 0 bridgehead atoms. The molecule has 172 valence electrons. The number of amides is 2. The number of aromatic nitrogens is 3. The first-order valence-electron chi connectivity index (χ1n) is 11.2. The van der Waals surface area contributed by atoms with E-state index in [-0.39, 0.29) is 42.2 Å². The van der Waals surface area contributed by atoms with Gasteiger partial charge >= 0.3 is 0 Å². The van der Waals surface area contributed by atoms with Crippen LogP contribution >= 0.6 is 11.6 Å². The average Bonchev–Trinajstić information content (AvgIpc) is 3.24. The third-order valence-corrected chi connectivity index (χ3v) is 6.62. The summed E-state index contributed by atoms with van der Waals surface area (Å²) in [5, 5.41) is 19.8. The van der Waals surface area contributed by atoms with Crippen molar-refractivity contribution in [3.05, 3.63) is 29.2 Å². The Hall–Kier alpha value is -2.45. The van der Waals surface area contributed by atoms with Gasteiger partial charge in [0.25, 0.3) is 0 Å². The van der Waals surface area contributed by atoms with E-state index in [4.69, 9.17) is 16.7 Å². The second kappa shape index (κ2) is 9.19. The molecule has 3 N–H and O–H groups in total. The maximum absolute atomic E-state index is 12.9. The van der Waals surface area contributed by atoms with Crippen molar-refractivity contribution in [3.8, 4) is 11.1 Å². The number of nitrogens with zero attached hydrogens (tertiary/aromatic N) is 3. The Morgan fingerprint density at radius 2 is 2.09 bits per heavy atom. The molecule has 2 aliphatic rings. The van der Waals surface area contributed by atoms with Crippen LogP contribution in [0.5, 0.6) is 0 Å². The first kappa shape index (κ1) is 22.7. The maximum atomic E-state index is 12.9. The molecule has 1 aliphatic heterocycles. The Bertz CT molecular complexity index is 1020. The molecule has 0 radical (unpaired) electrons. The van der Waals surface area contributed by atoms with Crippen LogP contribution < -0.4 is 10.6 Å². The number of fused-ring (bicyclic) bond motifs is 1. The predicted molar refractivity (Wildman–Crippen MR) is 122 cm³/mol. The molecule has 2 atom stereocenters. The number of aliphatic hydroxyl groups excluding tert-OH is 1. The van der Waals surface area contributed by atoms with Crippen molar-refractivity contribution in [2.24, 2.45) is 11.3 Å². The minimum absolute atomic E-state index is 0.0503. The highest BCUT2D eigenvalue weighted by atomic mass is 35.5. The molecule has 1 saturated carbocycles. The number of pyridine rings is 1. The van der Waals surface area contributed by atoms with E-state index in [1.807, 2.05) is 16.9 Å². The number of halogens is 1. The lowest BCUT2D eigenvalue weighted by molar-refractivity contribution is -0.125. The van der Waals surface area contributed by atoms with Gasteiger partial charge in [0.15, 0.2) is 0 Å². The SMILES string of the molecule is CC1(C)Cc2c(-c3cc(NC(=O)[C@@H]4CCC[C@@H](NC(=O)CCO)C4)ncc3Cl)cnn2C1. The van der Waals surface area contributed by atoms with Gasteiger partial charge in [-0.15, -0.1) is 0 Å². The molecule has 0 aromatic carbocycles. The second-order valence-electron chi connectivity index (χ2n) is 9.64. The summed E-state index contributed by atoms with van der Waals surface area (Å²) in [4.78, 5) is 29.0. The van der Waals surface area contributed by atoms with Crippen LogP contribution in [0.25, 0.3) is 11.1 Å². The van der Waals surface area contributed by atoms with Crippen molar-refractivity contribution < 1.29 is 14.7 Å². The molecule has 2 amide bonds. The zero-order chi connectivity index (χ0) is 22.9. The van der Waals surface area contributed by atoms with Gasteiger partial charge in [0.05, 0.1) is 17.8 Å². The zero-order valence-electron chi connectivity index (χ0n) is 18.5. The third kappa shape index (κ3) is 4.96. The average molecular weight is 460 g/mol. The molecule has 0 spiro atoms. The van der Waals surface area contributed by atoms with E-state index in [0.29, 0.717) is 17.3 Å². The number of carbonyl (C=O) groups is 2. The fourth-order valence-electron chi connectivity index (χ4n) is 4.78. The molecule has 2 aromatic rings. The van der Waals surface area contributed by atoms with Gasteiger partial charge in [-0.1, -0.05) is 31.9 Å². The summed E-state index contributed by atoms with van der Waals surface area (Å²) in [6, 6.07) is 1.76. The van der Waals surface area contributed by atoms with Crippen molar-refractivity contribution >= 4 is 29.2 Å². The molecule has 4 rings (SSSR count). The summed E-state index contributed by atoms with van der Waals surface area (Å²) in [5.74, 6) is -0.0314. The van der Waals surface area contributed by atoms with Gasteiger partial charge < -0.3 is 15.7 Å². The summed E-state index contributed by atoms with van der Waals surface area (Å²) < 4.78 is 2.03. The molecule has 8 nitrogen and oxygen atoms in total. The molecule has 3 heterocycles. The summed E-state index contributed by atoms with van der Waals surface area (Å²) >= 11 is 6.47. The van der Waals surface area contributed by atoms with Crippen LogP contribution in [0.3, 0.4) is 0 Å². The van der Waals surface area contributed by atoms with Crippen molar-refractivity contribution in [2.45, 2.75) is 65.0 Å². The summed E-state index contributed by atoms with van der Waals surface area (Å²) in [6.07, 6.45) is 7.44. The van der Waals surface area contributed by atoms with Gasteiger partial charge in [0.1, 0.15) is 5.82 Å². The van der Waals surface area contributed by atoms with Gasteiger partial charge in [-0.3, -0.25) is 14.3 Å². The molecular weight excluding hydrogens is 430 g/mol. The lowest BCUT2D eigenvalue weighted by Gasteiger charge is -2.29. The van der Waals surface area contributed by atoms with Crippen LogP contribution in [0.4, 0.5) is 5.82 Å². The fourth-order valence-corrected chi connectivity index (χ4v) is 4.98. The molecule has 0 unspecified atom stereocenters. The van der Waals surface area contributed by atoms with E-state index in [1.165, 1.54) is 0 Å². The lowest BCUT2D eigenvalue weighted by Crippen LogP contribution is -2.41. The van der Waals surface area contributed by atoms with Gasteiger partial charge in [0, 0.05) is 47.9 Å². The van der Waals surface area contributed by atoms with E-state index in [0.717, 1.165) is 49.0 Å². The first-order chi connectivity index (χ1) is 15.3. The number of hydrogen-bond donors (Lipinski definition) is 3. The standard InChI is InChI=1S/C23H30ClN5O3/c1-23(2)10-19-17(11-26-29(19)13-23)16-9-20(25-12-18(16)24)28-22(32)14-4-3-5-15(8-14)27-21(31)6-7-30/h9,11-12,14-15,30H,3-8,10,13H2,1-2H3,(H,27,31)(H,25,28,32)/t14-,15-/m1/s1. The molecule has 32 heavy (non-hydrogen) atoms. The van der Waals surface area contributed by atoms with Gasteiger partial charge in [-0.2, -0.15) is 5.10 Å². The number of hydrogen-bond acceptors (Lipinski definition) is 5. The van der Waals surface area contributed by atoms with Gasteiger partial charge in [-0.25, -0.2) is 4.98 Å². The van der Waals surface area contributed by atoms with E-state index in [1.54, 1.807) is 6.20 Å². The molecule has 9 heteroatoms. The number of nitrogens with one attached hydrogen (secondary N) is 2. The largest absolute Gasteiger partial charge is 0.396 e. The molecule has 2 aromatic heterocycles. The first-order valence-corrected chi connectivity index (χ1v) is 11.6. The summed E-state index contributed by atoms with van der Waals surface area (Å²) in [7, 11) is 0. The topological polar surface area (TPSA) is 109 Å². The number of anilines is 1. The predicted octanol–water partition coefficient (Wildman–Crippen LogP) is 3.18. The van der Waals surface area contributed by atoms with E-state index < -0.39 is 0 Å². The van der Waals surface area contributed by atoms with Crippen LogP contribution in [-0.4, -0.2) is 44.3 Å². The van der Waals surface area contributed by atoms with Crippen molar-refractivity contribution in [3.63, 3.8) is 0 Å². The van der Waals surface area contributed by atoms with E-state index in [9.17, 15) is 9.59 Å². The van der Waals surface area contributed by atoms with Gasteiger partial charge in [0.2, 0.25) is 11.8 Å². The van der Waals surface area contributed by atoms with Crippen LogP contribution in [-0.2, 0) is 22.6 Å². The van der Waals surface area contributed by atoms with Crippen LogP contribution in [0.2, 0.25) is 5.02 Å². The quantitative estimate of drug-likeness (QED) is 0.614. The molecule has 0 saturated heterocycles. The monoisotopic (exact) mass is 459 g/mol. The fraction of sp³-hybridized carbons (Fsp3) is 0.565. The third-order valence-electron chi connectivity index (χ3n) is 6.32. The minimum atomic E-state index is -0.203. The normalized spacial score (nSPS) is 21.8. The van der Waals surface area contributed by atoms with Gasteiger partial charge in [-0.05, 0) is 37.2 Å². The highest BCUT2D eigenvalue weighted by Crippen LogP contribution is 2.39. The van der Waals surface area contributed by atoms with Crippen LogP contribution in [0.1, 0.15) is 51.6 Å². The Morgan fingerprint density at radius 3 is 2.88 bits per heavy atom. The van der Waals surface area contributed by atoms with Crippen LogP contribution in [0, 0.1) is 11.3 Å². The smallest absolute Gasteiger partial charge is 0.228 e. The highest BCUT2D eigenvalue weighted by Gasteiger charge is 2.32. The van der Waals surface area contributed by atoms with Crippen LogP contribution in [0.15, 0.2) is 18.5 Å². The Balaban J connectivity index is 1.46. The maximum Gasteiger partial charge on any atom is 0.228 e. The van der Waals surface area contributed by atoms with Crippen molar-refractivity contribution in [1.29, 1.82) is 0 Å². The zero-order valence-corrected chi connectivity index (χ0v) is 19.3. The molecule has 1 fully saturated rings. The number of aliphatic hydroxyl groups is 1. The van der Waals surface area contributed by atoms with Crippen molar-refractivity contribution in [2.75, 3.05) is 11.9 Å². The Labute approximate surface area is 192 Å². The Kier molecular flexibility index (Phi) is 6.53. The lowest BCUT2D eigenvalue weighted by atomic mass is 9.85. The molecular formula is C23H30ClN5O3. The number of rotatable bonds is 6.